The number of nitrogens with zero attached hydrogens (tertiary/aromatic N) is 3. The summed E-state index contributed by atoms with van der Waals surface area (Å²) >= 11 is 0. The third kappa shape index (κ3) is 4.26. The number of anilines is 2. The van der Waals surface area contributed by atoms with Gasteiger partial charge in [-0.3, -0.25) is 0 Å². The summed E-state index contributed by atoms with van der Waals surface area (Å²) in [5, 5.41) is 5.06. The predicted molar refractivity (Wildman–Crippen MR) is 106 cm³/mol. The van der Waals surface area contributed by atoms with Crippen molar-refractivity contribution in [2.45, 2.75) is 6.18 Å². The summed E-state index contributed by atoms with van der Waals surface area (Å²) in [7, 11) is 0. The second-order valence-electron chi connectivity index (χ2n) is 6.87. The van der Waals surface area contributed by atoms with E-state index in [2.05, 4.69) is 10.3 Å². The van der Waals surface area contributed by atoms with Gasteiger partial charge in [-0.2, -0.15) is 13.2 Å². The van der Waals surface area contributed by atoms with Gasteiger partial charge in [-0.25, -0.2) is 9.78 Å². The van der Waals surface area contributed by atoms with Crippen molar-refractivity contribution in [3.63, 3.8) is 0 Å². The smallest absolute Gasteiger partial charge is 0.353 e. The van der Waals surface area contributed by atoms with Crippen LogP contribution < -0.4 is 10.2 Å². The maximum absolute atomic E-state index is 12.7. The van der Waals surface area contributed by atoms with E-state index in [0.717, 1.165) is 28.7 Å². The highest BCUT2D eigenvalue weighted by atomic mass is 19.4. The van der Waals surface area contributed by atoms with Crippen LogP contribution in [0.15, 0.2) is 60.8 Å². The zero-order valence-corrected chi connectivity index (χ0v) is 15.5. The third-order valence-corrected chi connectivity index (χ3v) is 4.97. The normalized spacial score (nSPS) is 14.9. The molecule has 1 aliphatic rings. The summed E-state index contributed by atoms with van der Waals surface area (Å²) in [5.41, 5.74) is -0.0461. The lowest BCUT2D eigenvalue weighted by Crippen LogP contribution is -2.50. The first-order valence-corrected chi connectivity index (χ1v) is 9.23. The van der Waals surface area contributed by atoms with Gasteiger partial charge in [0.15, 0.2) is 0 Å². The van der Waals surface area contributed by atoms with Gasteiger partial charge in [0, 0.05) is 38.1 Å². The number of amides is 2. The van der Waals surface area contributed by atoms with Gasteiger partial charge in [0.05, 0.1) is 5.56 Å². The molecular weight excluding hydrogens is 381 g/mol. The van der Waals surface area contributed by atoms with Crippen molar-refractivity contribution >= 4 is 28.3 Å². The Morgan fingerprint density at radius 1 is 0.931 bits per heavy atom. The molecule has 5 nitrogen and oxygen atoms in total. The number of hydrogen-bond acceptors (Lipinski definition) is 3. The Bertz CT molecular complexity index is 1010. The van der Waals surface area contributed by atoms with Crippen molar-refractivity contribution in [3.05, 3.63) is 66.4 Å². The summed E-state index contributed by atoms with van der Waals surface area (Å²) in [6, 6.07) is 15.9. The Balaban J connectivity index is 1.35. The van der Waals surface area contributed by atoms with Crippen molar-refractivity contribution in [2.24, 2.45) is 0 Å². The molecule has 150 valence electrons. The number of nitrogens with one attached hydrogen (secondary N) is 1. The number of hydrogen-bond donors (Lipinski definition) is 1. The Kier molecular flexibility index (Phi) is 5.00. The van der Waals surface area contributed by atoms with Crippen LogP contribution in [-0.4, -0.2) is 42.1 Å². The number of carbonyl (C=O) groups is 1. The first-order chi connectivity index (χ1) is 13.9. The zero-order valence-electron chi connectivity index (χ0n) is 15.5. The third-order valence-electron chi connectivity index (χ3n) is 4.97. The number of pyridine rings is 1. The van der Waals surface area contributed by atoms with E-state index >= 15 is 0 Å². The predicted octanol–water partition coefficient (Wildman–Crippen LogP) is 4.61. The number of rotatable bonds is 2. The lowest BCUT2D eigenvalue weighted by Gasteiger charge is -2.35. The molecule has 0 radical (unpaired) electrons. The van der Waals surface area contributed by atoms with Crippen LogP contribution in [0.4, 0.5) is 29.5 Å². The van der Waals surface area contributed by atoms with Gasteiger partial charge < -0.3 is 15.1 Å². The average molecular weight is 400 g/mol. The van der Waals surface area contributed by atoms with Crippen molar-refractivity contribution < 1.29 is 18.0 Å². The number of benzene rings is 2. The fraction of sp³-hybridized carbons (Fsp3) is 0.238. The molecule has 1 aromatic heterocycles. The van der Waals surface area contributed by atoms with E-state index in [1.165, 1.54) is 6.07 Å². The SMILES string of the molecule is O=C(Nc1ccc2ccccc2c1)N1CCN(c2ccc(C(F)(F)F)cn2)CC1. The summed E-state index contributed by atoms with van der Waals surface area (Å²) in [6.45, 7) is 1.93. The van der Waals surface area contributed by atoms with E-state index < -0.39 is 11.7 Å². The molecule has 8 heteroatoms. The number of carbonyl (C=O) groups excluding carboxylic acids is 1. The lowest BCUT2D eigenvalue weighted by molar-refractivity contribution is -0.137. The van der Waals surface area contributed by atoms with Crippen molar-refractivity contribution in [1.29, 1.82) is 0 Å². The van der Waals surface area contributed by atoms with E-state index in [0.29, 0.717) is 32.0 Å². The summed E-state index contributed by atoms with van der Waals surface area (Å²) in [6.07, 6.45) is -3.56. The molecule has 1 fully saturated rings. The van der Waals surface area contributed by atoms with Crippen molar-refractivity contribution in [3.8, 4) is 0 Å². The van der Waals surface area contributed by atoms with E-state index in [4.69, 9.17) is 0 Å². The molecule has 0 unspecified atom stereocenters. The van der Waals surface area contributed by atoms with Crippen LogP contribution in [0.3, 0.4) is 0 Å². The van der Waals surface area contributed by atoms with Gasteiger partial charge in [-0.15, -0.1) is 0 Å². The maximum Gasteiger partial charge on any atom is 0.417 e. The maximum atomic E-state index is 12.7. The summed E-state index contributed by atoms with van der Waals surface area (Å²) < 4.78 is 38.0. The molecule has 0 saturated carbocycles. The second-order valence-corrected chi connectivity index (χ2v) is 6.87. The molecule has 1 saturated heterocycles. The first kappa shape index (κ1) is 19.0. The number of urea groups is 1. The van der Waals surface area contributed by atoms with E-state index in [9.17, 15) is 18.0 Å². The van der Waals surface area contributed by atoms with Gasteiger partial charge in [0.1, 0.15) is 5.82 Å². The molecule has 2 aromatic carbocycles. The quantitative estimate of drug-likeness (QED) is 0.684. The number of piperazine rings is 1. The molecule has 0 atom stereocenters. The highest BCUT2D eigenvalue weighted by Crippen LogP contribution is 2.29. The molecule has 0 spiro atoms. The van der Waals surface area contributed by atoms with Gasteiger partial charge in [-0.05, 0) is 35.0 Å². The van der Waals surface area contributed by atoms with Gasteiger partial charge in [-0.1, -0.05) is 30.3 Å². The number of alkyl halides is 3. The highest BCUT2D eigenvalue weighted by molar-refractivity contribution is 5.93. The minimum Gasteiger partial charge on any atom is -0.353 e. The standard InChI is InChI=1S/C21H19F3N4O/c22-21(23,24)17-6-8-19(25-14-17)27-9-11-28(12-10-27)20(29)26-18-7-5-15-3-1-2-4-16(15)13-18/h1-8,13-14H,9-12H2,(H,26,29). The molecule has 1 N–H and O–H groups in total. The molecule has 29 heavy (non-hydrogen) atoms. The Morgan fingerprint density at radius 2 is 1.66 bits per heavy atom. The molecule has 2 amide bonds. The van der Waals surface area contributed by atoms with Crippen LogP contribution in [0.25, 0.3) is 10.8 Å². The number of fused-ring (bicyclic) bond motifs is 1. The lowest BCUT2D eigenvalue weighted by atomic mass is 10.1. The Labute approximate surface area is 165 Å². The van der Waals surface area contributed by atoms with Crippen LogP contribution in [0.1, 0.15) is 5.56 Å². The fourth-order valence-corrected chi connectivity index (χ4v) is 3.35. The van der Waals surface area contributed by atoms with Crippen molar-refractivity contribution in [2.75, 3.05) is 36.4 Å². The molecular formula is C21H19F3N4O. The van der Waals surface area contributed by atoms with E-state index in [1.807, 2.05) is 47.4 Å². The minimum absolute atomic E-state index is 0.194. The molecule has 3 aromatic rings. The summed E-state index contributed by atoms with van der Waals surface area (Å²) in [5.74, 6) is 0.479. The topological polar surface area (TPSA) is 48.5 Å². The monoisotopic (exact) mass is 400 g/mol. The molecule has 0 aliphatic carbocycles. The summed E-state index contributed by atoms with van der Waals surface area (Å²) in [4.78, 5) is 20.0. The Hall–Kier alpha value is -3.29. The van der Waals surface area contributed by atoms with Crippen LogP contribution >= 0.6 is 0 Å². The largest absolute Gasteiger partial charge is 0.417 e. The fourth-order valence-electron chi connectivity index (χ4n) is 3.35. The van der Waals surface area contributed by atoms with Crippen LogP contribution in [-0.2, 0) is 6.18 Å². The van der Waals surface area contributed by atoms with Gasteiger partial charge >= 0.3 is 12.2 Å². The van der Waals surface area contributed by atoms with Crippen LogP contribution in [0.2, 0.25) is 0 Å². The van der Waals surface area contributed by atoms with E-state index in [-0.39, 0.29) is 6.03 Å². The van der Waals surface area contributed by atoms with Crippen LogP contribution in [0, 0.1) is 0 Å². The molecule has 1 aliphatic heterocycles. The minimum atomic E-state index is -4.40. The highest BCUT2D eigenvalue weighted by Gasteiger charge is 2.31. The number of aromatic nitrogens is 1. The first-order valence-electron chi connectivity index (χ1n) is 9.23. The second kappa shape index (κ2) is 7.62. The number of halogens is 3. The van der Waals surface area contributed by atoms with Crippen molar-refractivity contribution in [1.82, 2.24) is 9.88 Å². The Morgan fingerprint density at radius 3 is 2.31 bits per heavy atom. The van der Waals surface area contributed by atoms with Crippen LogP contribution in [0.5, 0.6) is 0 Å². The molecule has 4 rings (SSSR count). The zero-order chi connectivity index (χ0) is 20.4. The van der Waals surface area contributed by atoms with Gasteiger partial charge in [0.25, 0.3) is 0 Å². The average Bonchev–Trinajstić information content (AvgIpc) is 2.73. The van der Waals surface area contributed by atoms with E-state index in [1.54, 1.807) is 4.90 Å². The molecule has 2 heterocycles. The molecule has 0 bridgehead atoms. The van der Waals surface area contributed by atoms with Gasteiger partial charge in [0.2, 0.25) is 0 Å².